The van der Waals surface area contributed by atoms with E-state index in [1.54, 1.807) is 42.5 Å². The van der Waals surface area contributed by atoms with Gasteiger partial charge >= 0.3 is 0 Å². The van der Waals surface area contributed by atoms with Gasteiger partial charge < -0.3 is 4.90 Å². The number of carbonyl (C=O) groups is 1. The van der Waals surface area contributed by atoms with Crippen LogP contribution in [0.25, 0.3) is 0 Å². The first-order valence-electron chi connectivity index (χ1n) is 10.00. The summed E-state index contributed by atoms with van der Waals surface area (Å²) in [5.74, 6) is -0.0573. The third-order valence-electron chi connectivity index (χ3n) is 5.49. The molecule has 0 saturated carbocycles. The Bertz CT molecular complexity index is 1210. The molecule has 1 aliphatic heterocycles. The largest absolute Gasteiger partial charge is 0.334 e. The van der Waals surface area contributed by atoms with Gasteiger partial charge in [0.25, 0.3) is 5.91 Å². The maximum Gasteiger partial charge on any atom is 0.254 e. The molecule has 7 heteroatoms. The number of anilines is 1. The number of nitrogens with zero attached hydrogens (tertiary/aromatic N) is 2. The van der Waals surface area contributed by atoms with Crippen LogP contribution in [0.3, 0.4) is 0 Å². The minimum Gasteiger partial charge on any atom is -0.334 e. The van der Waals surface area contributed by atoms with Crippen molar-refractivity contribution >= 4 is 33.2 Å². The van der Waals surface area contributed by atoms with E-state index in [-0.39, 0.29) is 12.5 Å². The Kier molecular flexibility index (Phi) is 6.03. The fraction of sp³-hybridized carbons (Fsp3) is 0.208. The Morgan fingerprint density at radius 2 is 1.61 bits per heavy atom. The normalized spacial score (nSPS) is 13.5. The molecule has 0 aliphatic carbocycles. The first-order chi connectivity index (χ1) is 14.8. The second kappa shape index (κ2) is 8.73. The lowest BCUT2D eigenvalue weighted by molar-refractivity contribution is 0.0734. The molecule has 0 radical (unpaired) electrons. The van der Waals surface area contributed by atoms with Crippen LogP contribution < -0.4 is 4.31 Å². The van der Waals surface area contributed by atoms with Crippen molar-refractivity contribution in [3.8, 4) is 0 Å². The van der Waals surface area contributed by atoms with Gasteiger partial charge in [0.15, 0.2) is 0 Å². The molecule has 0 fully saturated rings. The zero-order chi connectivity index (χ0) is 22.0. The van der Waals surface area contributed by atoms with E-state index in [1.165, 1.54) is 15.4 Å². The summed E-state index contributed by atoms with van der Waals surface area (Å²) in [6.07, 6.45) is 1.99. The molecule has 31 heavy (non-hydrogen) atoms. The summed E-state index contributed by atoms with van der Waals surface area (Å²) in [6.45, 7) is 1.37. The second-order valence-corrected chi connectivity index (χ2v) is 9.97. The number of benzene rings is 3. The van der Waals surface area contributed by atoms with Gasteiger partial charge in [-0.3, -0.25) is 9.10 Å². The molecule has 1 aliphatic rings. The van der Waals surface area contributed by atoms with Gasteiger partial charge in [0, 0.05) is 23.7 Å². The number of sulfonamides is 1. The molecule has 4 rings (SSSR count). The number of amides is 1. The molecule has 0 aromatic heterocycles. The quantitative estimate of drug-likeness (QED) is 0.570. The predicted molar refractivity (Wildman–Crippen MR) is 124 cm³/mol. The Morgan fingerprint density at radius 1 is 0.968 bits per heavy atom. The molecule has 0 N–H and O–H groups in total. The van der Waals surface area contributed by atoms with Gasteiger partial charge in [0.05, 0.1) is 18.5 Å². The number of carbonyl (C=O) groups excluding carboxylic acids is 1. The molecule has 0 unspecified atom stereocenters. The van der Waals surface area contributed by atoms with E-state index in [1.807, 2.05) is 23.1 Å². The van der Waals surface area contributed by atoms with Crippen molar-refractivity contribution in [2.75, 3.05) is 17.1 Å². The van der Waals surface area contributed by atoms with Crippen molar-refractivity contribution in [2.45, 2.75) is 19.5 Å². The standard InChI is InChI=1S/C24H23ClN2O3S/c1-31(29,30)27(17-21-8-4-5-9-23(21)25)22-12-10-19(11-13-22)24(28)26-15-14-18-6-2-3-7-20(18)16-26/h2-13H,14-17H2,1H3. The zero-order valence-electron chi connectivity index (χ0n) is 17.2. The smallest absolute Gasteiger partial charge is 0.254 e. The van der Waals surface area contributed by atoms with Crippen molar-refractivity contribution in [2.24, 2.45) is 0 Å². The van der Waals surface area contributed by atoms with E-state index >= 15 is 0 Å². The van der Waals surface area contributed by atoms with E-state index in [0.717, 1.165) is 12.7 Å². The van der Waals surface area contributed by atoms with Gasteiger partial charge in [-0.25, -0.2) is 8.42 Å². The third kappa shape index (κ3) is 4.75. The second-order valence-electron chi connectivity index (χ2n) is 7.65. The van der Waals surface area contributed by atoms with Crippen LogP contribution in [0.15, 0.2) is 72.8 Å². The summed E-state index contributed by atoms with van der Waals surface area (Å²) in [5.41, 5.74) is 4.19. The summed E-state index contributed by atoms with van der Waals surface area (Å²) >= 11 is 6.22. The molecule has 1 heterocycles. The number of rotatable bonds is 5. The highest BCUT2D eigenvalue weighted by atomic mass is 35.5. The minimum absolute atomic E-state index is 0.0573. The average Bonchev–Trinajstić information content (AvgIpc) is 2.77. The lowest BCUT2D eigenvalue weighted by Gasteiger charge is -2.29. The van der Waals surface area contributed by atoms with Crippen molar-refractivity contribution in [1.82, 2.24) is 4.90 Å². The SMILES string of the molecule is CS(=O)(=O)N(Cc1ccccc1Cl)c1ccc(C(=O)N2CCc3ccccc3C2)cc1. The van der Waals surface area contributed by atoms with Crippen LogP contribution in [0.2, 0.25) is 5.02 Å². The first kappa shape index (κ1) is 21.4. The summed E-state index contributed by atoms with van der Waals surface area (Å²) in [7, 11) is -3.54. The molecule has 3 aromatic carbocycles. The molecular weight excluding hydrogens is 432 g/mol. The minimum atomic E-state index is -3.54. The van der Waals surface area contributed by atoms with Gasteiger partial charge in [0.1, 0.15) is 0 Å². The molecule has 0 atom stereocenters. The summed E-state index contributed by atoms with van der Waals surface area (Å²) < 4.78 is 26.2. The van der Waals surface area contributed by atoms with Gasteiger partial charge in [-0.05, 0) is 53.4 Å². The van der Waals surface area contributed by atoms with Gasteiger partial charge in [0.2, 0.25) is 10.0 Å². The van der Waals surface area contributed by atoms with E-state index < -0.39 is 10.0 Å². The summed E-state index contributed by atoms with van der Waals surface area (Å²) in [6, 6.07) is 22.0. The fourth-order valence-corrected chi connectivity index (χ4v) is 4.88. The zero-order valence-corrected chi connectivity index (χ0v) is 18.7. The summed E-state index contributed by atoms with van der Waals surface area (Å²) in [4.78, 5) is 14.8. The molecule has 1 amide bonds. The lowest BCUT2D eigenvalue weighted by Crippen LogP contribution is -2.36. The van der Waals surface area contributed by atoms with E-state index in [4.69, 9.17) is 11.6 Å². The van der Waals surface area contributed by atoms with E-state index in [2.05, 4.69) is 12.1 Å². The maximum atomic E-state index is 13.0. The number of hydrogen-bond acceptors (Lipinski definition) is 3. The molecule has 0 spiro atoms. The lowest BCUT2D eigenvalue weighted by atomic mass is 9.99. The van der Waals surface area contributed by atoms with Gasteiger partial charge in [-0.2, -0.15) is 0 Å². The molecule has 0 bridgehead atoms. The maximum absolute atomic E-state index is 13.0. The van der Waals surface area contributed by atoms with Crippen molar-refractivity contribution < 1.29 is 13.2 Å². The number of halogens is 1. The fourth-order valence-electron chi connectivity index (χ4n) is 3.80. The first-order valence-corrected chi connectivity index (χ1v) is 12.2. The molecule has 160 valence electrons. The average molecular weight is 455 g/mol. The van der Waals surface area contributed by atoms with Gasteiger partial charge in [-0.15, -0.1) is 0 Å². The highest BCUT2D eigenvalue weighted by Crippen LogP contribution is 2.26. The Hall–Kier alpha value is -2.83. The number of fused-ring (bicyclic) bond motifs is 1. The van der Waals surface area contributed by atoms with Crippen LogP contribution >= 0.6 is 11.6 Å². The van der Waals surface area contributed by atoms with Crippen LogP contribution in [0.5, 0.6) is 0 Å². The highest BCUT2D eigenvalue weighted by Gasteiger charge is 2.23. The van der Waals surface area contributed by atoms with Crippen molar-refractivity contribution in [1.29, 1.82) is 0 Å². The topological polar surface area (TPSA) is 57.7 Å². The number of hydrogen-bond donors (Lipinski definition) is 0. The molecule has 3 aromatic rings. The Morgan fingerprint density at radius 3 is 2.29 bits per heavy atom. The molecule has 5 nitrogen and oxygen atoms in total. The Balaban J connectivity index is 1.55. The van der Waals surface area contributed by atoms with Gasteiger partial charge in [-0.1, -0.05) is 54.1 Å². The van der Waals surface area contributed by atoms with Crippen LogP contribution in [0.4, 0.5) is 5.69 Å². The Labute approximate surface area is 187 Å². The van der Waals surface area contributed by atoms with Crippen LogP contribution in [0.1, 0.15) is 27.0 Å². The highest BCUT2D eigenvalue weighted by molar-refractivity contribution is 7.92. The van der Waals surface area contributed by atoms with E-state index in [9.17, 15) is 13.2 Å². The monoisotopic (exact) mass is 454 g/mol. The summed E-state index contributed by atoms with van der Waals surface area (Å²) in [5, 5.41) is 0.508. The van der Waals surface area contributed by atoms with Crippen molar-refractivity contribution in [3.05, 3.63) is 100 Å². The van der Waals surface area contributed by atoms with E-state index in [0.29, 0.717) is 34.9 Å². The van der Waals surface area contributed by atoms with Crippen LogP contribution in [-0.2, 0) is 29.5 Å². The predicted octanol–water partition coefficient (Wildman–Crippen LogP) is 4.50. The van der Waals surface area contributed by atoms with Crippen LogP contribution in [-0.4, -0.2) is 32.0 Å². The van der Waals surface area contributed by atoms with Crippen molar-refractivity contribution in [3.63, 3.8) is 0 Å². The van der Waals surface area contributed by atoms with Crippen LogP contribution in [0, 0.1) is 0 Å². The molecule has 0 saturated heterocycles. The molecular formula is C24H23ClN2O3S. The third-order valence-corrected chi connectivity index (χ3v) is 7.00.